The quantitative estimate of drug-likeness (QED) is 0.228. The topological polar surface area (TPSA) is 50.4 Å². The highest BCUT2D eigenvalue weighted by molar-refractivity contribution is 7.99. The largest absolute Gasteiger partial charge is 0.475 e. The van der Waals surface area contributed by atoms with E-state index in [1.54, 1.807) is 17.8 Å². The van der Waals surface area contributed by atoms with Gasteiger partial charge in [0.25, 0.3) is 0 Å². The molecule has 0 aromatic carbocycles. The lowest BCUT2D eigenvalue weighted by molar-refractivity contribution is 0.0662. The van der Waals surface area contributed by atoms with E-state index in [1.807, 2.05) is 0 Å². The molecule has 0 aliphatic heterocycles. The second-order valence-electron chi connectivity index (χ2n) is 6.90. The van der Waals surface area contributed by atoms with Gasteiger partial charge in [0.15, 0.2) is 0 Å². The van der Waals surface area contributed by atoms with Gasteiger partial charge >= 0.3 is 5.97 Å². The van der Waals surface area contributed by atoms with Crippen LogP contribution in [0.5, 0.6) is 0 Å². The summed E-state index contributed by atoms with van der Waals surface area (Å²) in [5.74, 6) is 0.0724. The third kappa shape index (κ3) is 12.1. The van der Waals surface area contributed by atoms with E-state index in [4.69, 9.17) is 9.52 Å². The first-order valence-electron chi connectivity index (χ1n) is 10.2. The van der Waals surface area contributed by atoms with Gasteiger partial charge in [-0.2, -0.15) is 0 Å². The molecule has 0 fully saturated rings. The first-order chi connectivity index (χ1) is 12.2. The van der Waals surface area contributed by atoms with E-state index in [0.29, 0.717) is 0 Å². The Morgan fingerprint density at radius 2 is 1.36 bits per heavy atom. The van der Waals surface area contributed by atoms with Crippen LogP contribution in [0.4, 0.5) is 0 Å². The van der Waals surface area contributed by atoms with E-state index >= 15 is 0 Å². The number of hydrogen-bond donors (Lipinski definition) is 1. The molecule has 4 heteroatoms. The predicted octanol–water partition coefficient (Wildman–Crippen LogP) is 7.55. The molecule has 0 saturated carbocycles. The van der Waals surface area contributed by atoms with E-state index in [2.05, 4.69) is 6.92 Å². The Bertz CT molecular complexity index is 442. The summed E-state index contributed by atoms with van der Waals surface area (Å²) in [6, 6.07) is 1.61. The van der Waals surface area contributed by atoms with Crippen LogP contribution >= 0.6 is 11.8 Å². The molecular weight excluding hydrogens is 332 g/mol. The second kappa shape index (κ2) is 15.4. The molecule has 0 bridgehead atoms. The summed E-state index contributed by atoms with van der Waals surface area (Å²) in [6.07, 6.45) is 20.8. The zero-order valence-corrected chi connectivity index (χ0v) is 16.7. The Balaban J connectivity index is 1.79. The van der Waals surface area contributed by atoms with Crippen molar-refractivity contribution >= 4 is 17.7 Å². The van der Waals surface area contributed by atoms with Crippen molar-refractivity contribution in [1.82, 2.24) is 0 Å². The number of thioether (sulfide) groups is 1. The Hall–Kier alpha value is -0.900. The van der Waals surface area contributed by atoms with Gasteiger partial charge in [0, 0.05) is 11.0 Å². The maximum atomic E-state index is 10.7. The first kappa shape index (κ1) is 22.1. The van der Waals surface area contributed by atoms with Crippen molar-refractivity contribution < 1.29 is 14.3 Å². The molecule has 3 nitrogen and oxygen atoms in total. The normalized spacial score (nSPS) is 11.1. The van der Waals surface area contributed by atoms with Gasteiger partial charge in [-0.3, -0.25) is 0 Å². The highest BCUT2D eigenvalue weighted by atomic mass is 32.2. The van der Waals surface area contributed by atoms with Gasteiger partial charge in [-0.15, -0.1) is 11.8 Å². The summed E-state index contributed by atoms with van der Waals surface area (Å²) in [4.78, 5) is 11.6. The SMILES string of the molecule is CCCCCCCCCCCCCCCCSc1coc(C(=O)O)c1. The molecule has 144 valence electrons. The molecule has 0 atom stereocenters. The van der Waals surface area contributed by atoms with Crippen molar-refractivity contribution in [3.63, 3.8) is 0 Å². The molecule has 1 aromatic heterocycles. The summed E-state index contributed by atoms with van der Waals surface area (Å²) in [5, 5.41) is 8.80. The number of hydrogen-bond acceptors (Lipinski definition) is 3. The van der Waals surface area contributed by atoms with E-state index in [1.165, 1.54) is 96.2 Å². The standard InChI is InChI=1S/C21H36O3S/c1-2-3-4-5-6-7-8-9-10-11-12-13-14-15-16-25-19-17-20(21(22)23)24-18-19/h17-18H,2-16H2,1H3,(H,22,23). The van der Waals surface area contributed by atoms with Crippen LogP contribution in [0.3, 0.4) is 0 Å². The van der Waals surface area contributed by atoms with Gasteiger partial charge < -0.3 is 9.52 Å². The molecule has 1 rings (SSSR count). The summed E-state index contributed by atoms with van der Waals surface area (Å²) < 4.78 is 4.98. The van der Waals surface area contributed by atoms with Crippen LogP contribution in [0.15, 0.2) is 21.6 Å². The zero-order valence-electron chi connectivity index (χ0n) is 15.9. The van der Waals surface area contributed by atoms with Gasteiger partial charge in [0.05, 0.1) is 0 Å². The van der Waals surface area contributed by atoms with Crippen LogP contribution in [0.2, 0.25) is 0 Å². The Labute approximate surface area is 158 Å². The third-order valence-corrected chi connectivity index (χ3v) is 5.59. The molecule has 0 unspecified atom stereocenters. The zero-order chi connectivity index (χ0) is 18.2. The summed E-state index contributed by atoms with van der Waals surface area (Å²) in [6.45, 7) is 2.27. The predicted molar refractivity (Wildman–Crippen MR) is 107 cm³/mol. The second-order valence-corrected chi connectivity index (χ2v) is 8.06. The fraction of sp³-hybridized carbons (Fsp3) is 0.762. The molecule has 0 saturated heterocycles. The van der Waals surface area contributed by atoms with Crippen LogP contribution in [-0.2, 0) is 0 Å². The fourth-order valence-corrected chi connectivity index (χ4v) is 3.88. The third-order valence-electron chi connectivity index (χ3n) is 4.55. The van der Waals surface area contributed by atoms with Gasteiger partial charge in [0.1, 0.15) is 6.26 Å². The van der Waals surface area contributed by atoms with Crippen molar-refractivity contribution in [2.45, 2.75) is 102 Å². The number of unbranched alkanes of at least 4 members (excludes halogenated alkanes) is 13. The minimum absolute atomic E-state index is 0.0310. The van der Waals surface area contributed by atoms with Crippen LogP contribution in [0.1, 0.15) is 107 Å². The Kier molecular flexibility index (Phi) is 13.6. The minimum Gasteiger partial charge on any atom is -0.475 e. The average molecular weight is 369 g/mol. The molecule has 0 amide bonds. The Morgan fingerprint density at radius 3 is 1.80 bits per heavy atom. The number of furan rings is 1. The number of carboxylic acids is 1. The molecule has 0 radical (unpaired) electrons. The van der Waals surface area contributed by atoms with Crippen molar-refractivity contribution in [2.75, 3.05) is 5.75 Å². The van der Waals surface area contributed by atoms with Crippen molar-refractivity contribution in [1.29, 1.82) is 0 Å². The fourth-order valence-electron chi connectivity index (χ4n) is 2.99. The molecule has 0 spiro atoms. The highest BCUT2D eigenvalue weighted by Crippen LogP contribution is 2.22. The molecular formula is C21H36O3S. The molecule has 1 N–H and O–H groups in total. The molecule has 0 aliphatic rings. The first-order valence-corrected chi connectivity index (χ1v) is 11.2. The molecule has 1 heterocycles. The summed E-state index contributed by atoms with van der Waals surface area (Å²) >= 11 is 1.69. The molecule has 0 aliphatic carbocycles. The number of carbonyl (C=O) groups is 1. The van der Waals surface area contributed by atoms with Crippen molar-refractivity contribution in [3.05, 3.63) is 18.1 Å². The lowest BCUT2D eigenvalue weighted by Gasteiger charge is -2.03. The van der Waals surface area contributed by atoms with Gasteiger partial charge in [-0.05, 0) is 12.2 Å². The Morgan fingerprint density at radius 1 is 0.880 bits per heavy atom. The van der Waals surface area contributed by atoms with Crippen LogP contribution in [-0.4, -0.2) is 16.8 Å². The van der Waals surface area contributed by atoms with E-state index in [9.17, 15) is 4.79 Å². The number of rotatable bonds is 17. The van der Waals surface area contributed by atoms with Gasteiger partial charge in [-0.1, -0.05) is 90.4 Å². The maximum Gasteiger partial charge on any atom is 0.371 e. The highest BCUT2D eigenvalue weighted by Gasteiger charge is 2.08. The smallest absolute Gasteiger partial charge is 0.371 e. The maximum absolute atomic E-state index is 10.7. The van der Waals surface area contributed by atoms with E-state index in [-0.39, 0.29) is 5.76 Å². The van der Waals surface area contributed by atoms with Gasteiger partial charge in [-0.25, -0.2) is 4.79 Å². The van der Waals surface area contributed by atoms with Crippen molar-refractivity contribution in [2.24, 2.45) is 0 Å². The van der Waals surface area contributed by atoms with Crippen molar-refractivity contribution in [3.8, 4) is 0 Å². The van der Waals surface area contributed by atoms with E-state index in [0.717, 1.165) is 10.6 Å². The van der Waals surface area contributed by atoms with Gasteiger partial charge in [0.2, 0.25) is 5.76 Å². The number of carboxylic acid groups (broad SMARTS) is 1. The van der Waals surface area contributed by atoms with Crippen LogP contribution < -0.4 is 0 Å². The molecule has 1 aromatic rings. The number of aromatic carboxylic acids is 1. The monoisotopic (exact) mass is 368 g/mol. The summed E-state index contributed by atoms with van der Waals surface area (Å²) in [5.41, 5.74) is 0. The van der Waals surface area contributed by atoms with Crippen LogP contribution in [0.25, 0.3) is 0 Å². The lowest BCUT2D eigenvalue weighted by atomic mass is 10.0. The lowest BCUT2D eigenvalue weighted by Crippen LogP contribution is -1.91. The van der Waals surface area contributed by atoms with Crippen LogP contribution in [0, 0.1) is 0 Å². The minimum atomic E-state index is -0.997. The average Bonchev–Trinajstić information content (AvgIpc) is 3.07. The summed E-state index contributed by atoms with van der Waals surface area (Å²) in [7, 11) is 0. The molecule has 25 heavy (non-hydrogen) atoms. The van der Waals surface area contributed by atoms with E-state index < -0.39 is 5.97 Å².